The van der Waals surface area contributed by atoms with Crippen molar-refractivity contribution in [2.24, 2.45) is 0 Å². The molecule has 0 bridgehead atoms. The highest BCUT2D eigenvalue weighted by Gasteiger charge is 2.20. The van der Waals surface area contributed by atoms with Crippen molar-refractivity contribution in [1.82, 2.24) is 15.1 Å². The molecule has 2 heterocycles. The Balaban J connectivity index is 1.73. The van der Waals surface area contributed by atoms with Gasteiger partial charge in [-0.05, 0) is 43.1 Å². The third-order valence-corrected chi connectivity index (χ3v) is 5.07. The average molecular weight is 368 g/mol. The molecule has 0 saturated carbocycles. The van der Waals surface area contributed by atoms with E-state index >= 15 is 0 Å². The van der Waals surface area contributed by atoms with E-state index in [0.717, 1.165) is 10.4 Å². The standard InChI is InChI=1S/C16H15Cl2N3OS/c1-10(15-19-20-16(22-15)14-4-3-7-23-14)21(2)9-11-5-6-12(17)8-13(11)18/h3-8,10H,9H2,1-2H3/t10-/m0/s1. The summed E-state index contributed by atoms with van der Waals surface area (Å²) in [6.07, 6.45) is 0. The molecular formula is C16H15Cl2N3OS. The van der Waals surface area contributed by atoms with E-state index in [1.807, 2.05) is 43.6 Å². The highest BCUT2D eigenvalue weighted by Crippen LogP contribution is 2.28. The van der Waals surface area contributed by atoms with Crippen LogP contribution in [0.3, 0.4) is 0 Å². The van der Waals surface area contributed by atoms with Gasteiger partial charge in [-0.2, -0.15) is 0 Å². The summed E-state index contributed by atoms with van der Waals surface area (Å²) in [6, 6.07) is 9.41. The summed E-state index contributed by atoms with van der Waals surface area (Å²) in [5.41, 5.74) is 1.00. The maximum atomic E-state index is 6.23. The van der Waals surface area contributed by atoms with Crippen molar-refractivity contribution in [3.05, 3.63) is 57.2 Å². The molecule has 120 valence electrons. The van der Waals surface area contributed by atoms with E-state index in [-0.39, 0.29) is 6.04 Å². The van der Waals surface area contributed by atoms with Gasteiger partial charge >= 0.3 is 0 Å². The Morgan fingerprint density at radius 2 is 2.09 bits per heavy atom. The van der Waals surface area contributed by atoms with Crippen molar-refractivity contribution in [3.63, 3.8) is 0 Å². The fraction of sp³-hybridized carbons (Fsp3) is 0.250. The predicted octanol–water partition coefficient (Wildman–Crippen LogP) is 5.30. The van der Waals surface area contributed by atoms with Crippen LogP contribution in [-0.4, -0.2) is 22.1 Å². The molecule has 1 atom stereocenters. The molecule has 0 unspecified atom stereocenters. The number of thiophene rings is 1. The molecule has 1 aromatic carbocycles. The molecule has 0 aliphatic carbocycles. The SMILES string of the molecule is C[C@@H](c1nnc(-c2cccs2)o1)N(C)Cc1ccc(Cl)cc1Cl. The highest BCUT2D eigenvalue weighted by molar-refractivity contribution is 7.13. The van der Waals surface area contributed by atoms with Crippen LogP contribution < -0.4 is 0 Å². The minimum atomic E-state index is -0.0250. The molecule has 0 amide bonds. The van der Waals surface area contributed by atoms with Crippen LogP contribution in [0.15, 0.2) is 40.1 Å². The van der Waals surface area contributed by atoms with Crippen molar-refractivity contribution in [2.45, 2.75) is 19.5 Å². The van der Waals surface area contributed by atoms with Crippen LogP contribution in [0, 0.1) is 0 Å². The zero-order valence-electron chi connectivity index (χ0n) is 12.7. The first-order valence-corrected chi connectivity index (χ1v) is 8.69. The number of benzene rings is 1. The summed E-state index contributed by atoms with van der Waals surface area (Å²) in [7, 11) is 1.99. The summed E-state index contributed by atoms with van der Waals surface area (Å²) < 4.78 is 5.79. The molecule has 3 rings (SSSR count). The molecule has 3 aromatic rings. The maximum absolute atomic E-state index is 6.23. The van der Waals surface area contributed by atoms with Gasteiger partial charge in [0.2, 0.25) is 5.89 Å². The number of hydrogen-bond donors (Lipinski definition) is 0. The molecule has 0 saturated heterocycles. The Kier molecular flexibility index (Phi) is 5.02. The lowest BCUT2D eigenvalue weighted by molar-refractivity contribution is 0.218. The zero-order chi connectivity index (χ0) is 16.4. The van der Waals surface area contributed by atoms with E-state index in [9.17, 15) is 0 Å². The fourth-order valence-corrected chi connectivity index (χ4v) is 3.26. The van der Waals surface area contributed by atoms with Crippen molar-refractivity contribution in [3.8, 4) is 10.8 Å². The van der Waals surface area contributed by atoms with Crippen LogP contribution >= 0.6 is 34.5 Å². The molecular weight excluding hydrogens is 353 g/mol. The van der Waals surface area contributed by atoms with E-state index in [1.54, 1.807) is 17.4 Å². The Bertz CT molecular complexity index is 788. The fourth-order valence-electron chi connectivity index (χ4n) is 2.15. The van der Waals surface area contributed by atoms with Crippen molar-refractivity contribution < 1.29 is 4.42 Å². The molecule has 4 nitrogen and oxygen atoms in total. The average Bonchev–Trinajstić information content (AvgIpc) is 3.19. The summed E-state index contributed by atoms with van der Waals surface area (Å²) >= 11 is 13.7. The van der Waals surface area contributed by atoms with E-state index in [4.69, 9.17) is 27.6 Å². The first kappa shape index (κ1) is 16.5. The van der Waals surface area contributed by atoms with Crippen molar-refractivity contribution in [1.29, 1.82) is 0 Å². The molecule has 2 aromatic heterocycles. The minimum Gasteiger partial charge on any atom is -0.418 e. The molecule has 0 radical (unpaired) electrons. The Morgan fingerprint density at radius 1 is 1.26 bits per heavy atom. The van der Waals surface area contributed by atoms with Gasteiger partial charge in [-0.15, -0.1) is 21.5 Å². The number of aromatic nitrogens is 2. The topological polar surface area (TPSA) is 42.2 Å². The number of rotatable bonds is 5. The van der Waals surface area contributed by atoms with Crippen molar-refractivity contribution >= 4 is 34.5 Å². The third-order valence-electron chi connectivity index (χ3n) is 3.63. The van der Waals surface area contributed by atoms with Gasteiger partial charge in [-0.25, -0.2) is 0 Å². The van der Waals surface area contributed by atoms with Gasteiger partial charge in [0, 0.05) is 16.6 Å². The molecule has 7 heteroatoms. The lowest BCUT2D eigenvalue weighted by atomic mass is 10.2. The molecule has 0 fully saturated rings. The summed E-state index contributed by atoms with van der Waals surface area (Å²) in [5, 5.41) is 11.6. The van der Waals surface area contributed by atoms with Crippen molar-refractivity contribution in [2.75, 3.05) is 7.05 Å². The summed E-state index contributed by atoms with van der Waals surface area (Å²) in [6.45, 7) is 2.68. The van der Waals surface area contributed by atoms with Gasteiger partial charge in [-0.3, -0.25) is 4.90 Å². The largest absolute Gasteiger partial charge is 0.418 e. The van der Waals surface area contributed by atoms with Crippen LogP contribution in [0.4, 0.5) is 0 Å². The highest BCUT2D eigenvalue weighted by atomic mass is 35.5. The molecule has 23 heavy (non-hydrogen) atoms. The second-order valence-corrected chi connectivity index (χ2v) is 7.04. The number of hydrogen-bond acceptors (Lipinski definition) is 5. The van der Waals surface area contributed by atoms with Gasteiger partial charge in [-0.1, -0.05) is 35.3 Å². The Hall–Kier alpha value is -1.40. The lowest BCUT2D eigenvalue weighted by Gasteiger charge is -2.22. The van der Waals surface area contributed by atoms with E-state index in [0.29, 0.717) is 28.4 Å². The third kappa shape index (κ3) is 3.75. The van der Waals surface area contributed by atoms with Gasteiger partial charge in [0.05, 0.1) is 10.9 Å². The number of halogens is 2. The maximum Gasteiger partial charge on any atom is 0.257 e. The zero-order valence-corrected chi connectivity index (χ0v) is 15.0. The van der Waals surface area contributed by atoms with Crippen LogP contribution in [0.2, 0.25) is 10.0 Å². The Morgan fingerprint density at radius 3 is 2.78 bits per heavy atom. The summed E-state index contributed by atoms with van der Waals surface area (Å²) in [4.78, 5) is 3.07. The van der Waals surface area contributed by atoms with E-state index in [1.165, 1.54) is 0 Å². The van der Waals surface area contributed by atoms with Crippen LogP contribution in [0.5, 0.6) is 0 Å². The van der Waals surface area contributed by atoms with Gasteiger partial charge in [0.25, 0.3) is 5.89 Å². The van der Waals surface area contributed by atoms with Crippen LogP contribution in [0.25, 0.3) is 10.8 Å². The quantitative estimate of drug-likeness (QED) is 0.613. The monoisotopic (exact) mass is 367 g/mol. The number of nitrogens with zero attached hydrogens (tertiary/aromatic N) is 3. The van der Waals surface area contributed by atoms with Gasteiger partial charge in [0.15, 0.2) is 0 Å². The predicted molar refractivity (Wildman–Crippen MR) is 94.0 cm³/mol. The second kappa shape index (κ2) is 7.01. The van der Waals surface area contributed by atoms with E-state index in [2.05, 4.69) is 15.1 Å². The van der Waals surface area contributed by atoms with E-state index < -0.39 is 0 Å². The second-order valence-electron chi connectivity index (χ2n) is 5.25. The Labute approximate surface area is 148 Å². The van der Waals surface area contributed by atoms with Crippen LogP contribution in [0.1, 0.15) is 24.4 Å². The van der Waals surface area contributed by atoms with Crippen LogP contribution in [-0.2, 0) is 6.54 Å². The first-order chi connectivity index (χ1) is 11.0. The molecule has 0 spiro atoms. The molecule has 0 N–H and O–H groups in total. The lowest BCUT2D eigenvalue weighted by Crippen LogP contribution is -2.22. The molecule has 0 aliphatic heterocycles. The van der Waals surface area contributed by atoms with Gasteiger partial charge < -0.3 is 4.42 Å². The van der Waals surface area contributed by atoms with Gasteiger partial charge in [0.1, 0.15) is 0 Å². The normalized spacial score (nSPS) is 12.7. The minimum absolute atomic E-state index is 0.0250. The smallest absolute Gasteiger partial charge is 0.257 e. The summed E-state index contributed by atoms with van der Waals surface area (Å²) in [5.74, 6) is 1.14. The first-order valence-electron chi connectivity index (χ1n) is 7.06. The molecule has 0 aliphatic rings.